The zero-order chi connectivity index (χ0) is 14.1. The molecule has 0 aromatic carbocycles. The Labute approximate surface area is 103 Å². The Bertz CT molecular complexity index is 307. The number of carboxylic acid groups (broad SMARTS) is 1. The first-order valence-corrected chi connectivity index (χ1v) is 5.11. The lowest BCUT2D eigenvalue weighted by Gasteiger charge is -2.18. The lowest BCUT2D eigenvalue weighted by molar-refractivity contribution is -0.234. The van der Waals surface area contributed by atoms with Crippen LogP contribution >= 0.6 is 0 Å². The van der Waals surface area contributed by atoms with Crippen LogP contribution in [-0.2, 0) is 19.3 Å². The van der Waals surface area contributed by atoms with Crippen molar-refractivity contribution >= 4 is 17.8 Å². The average Bonchev–Trinajstić information content (AvgIpc) is 2.35. The molecule has 104 valence electrons. The Morgan fingerprint density at radius 1 is 1.28 bits per heavy atom. The molecule has 9 heteroatoms. The van der Waals surface area contributed by atoms with Gasteiger partial charge in [0.25, 0.3) is 0 Å². The summed E-state index contributed by atoms with van der Waals surface area (Å²) in [4.78, 5) is 36.3. The van der Waals surface area contributed by atoms with Gasteiger partial charge in [-0.1, -0.05) is 0 Å². The van der Waals surface area contributed by atoms with Crippen molar-refractivity contribution in [1.82, 2.24) is 10.6 Å². The molecular formula is C9H16N2O7. The molecule has 0 rings (SSSR count). The number of rotatable bonds is 8. The fraction of sp³-hybridized carbons (Fsp3) is 0.667. The van der Waals surface area contributed by atoms with Crippen LogP contribution in [0.2, 0.25) is 0 Å². The number of carbonyl (C=O) groups excluding carboxylic acids is 2. The largest absolute Gasteiger partial charge is 0.480 e. The molecule has 2 unspecified atom stereocenters. The first-order valence-electron chi connectivity index (χ1n) is 5.11. The van der Waals surface area contributed by atoms with Crippen molar-refractivity contribution < 1.29 is 34.7 Å². The predicted molar refractivity (Wildman–Crippen MR) is 57.5 cm³/mol. The van der Waals surface area contributed by atoms with Gasteiger partial charge in [-0.15, -0.1) is 0 Å². The highest BCUT2D eigenvalue weighted by molar-refractivity contribution is 5.87. The van der Waals surface area contributed by atoms with Gasteiger partial charge in [0.15, 0.2) is 0 Å². The predicted octanol–water partition coefficient (Wildman–Crippen LogP) is -2.07. The third-order valence-electron chi connectivity index (χ3n) is 2.20. The minimum Gasteiger partial charge on any atom is -0.480 e. The van der Waals surface area contributed by atoms with E-state index in [1.54, 1.807) is 0 Å². The summed E-state index contributed by atoms with van der Waals surface area (Å²) in [5.41, 5.74) is 0. The van der Waals surface area contributed by atoms with Crippen LogP contribution in [0, 0.1) is 0 Å². The molecule has 0 aliphatic carbocycles. The van der Waals surface area contributed by atoms with E-state index in [1.165, 1.54) is 7.05 Å². The summed E-state index contributed by atoms with van der Waals surface area (Å²) in [6.07, 6.45) is -0.203. The Balaban J connectivity index is 4.33. The summed E-state index contributed by atoms with van der Waals surface area (Å²) in [5.74, 6) is -2.94. The molecular weight excluding hydrogens is 248 g/mol. The minimum absolute atomic E-state index is 0.0134. The molecule has 0 saturated carbocycles. The van der Waals surface area contributed by atoms with Gasteiger partial charge >= 0.3 is 11.9 Å². The number of hydrogen-bond acceptors (Lipinski definition) is 7. The van der Waals surface area contributed by atoms with Crippen LogP contribution in [0.25, 0.3) is 0 Å². The van der Waals surface area contributed by atoms with Crippen LogP contribution in [0.15, 0.2) is 0 Å². The number of aliphatic hydroxyl groups is 1. The van der Waals surface area contributed by atoms with E-state index in [1.807, 2.05) is 0 Å². The molecule has 0 aliphatic rings. The maximum Gasteiger partial charge on any atom is 0.342 e. The second kappa shape index (κ2) is 8.39. The molecule has 0 aromatic rings. The topological polar surface area (TPSA) is 145 Å². The molecule has 0 spiro atoms. The van der Waals surface area contributed by atoms with Crippen molar-refractivity contribution in [3.05, 3.63) is 0 Å². The summed E-state index contributed by atoms with van der Waals surface area (Å²) in [6, 6.07) is -2.24. The molecule has 0 aromatic heterocycles. The zero-order valence-electron chi connectivity index (χ0n) is 9.75. The maximum atomic E-state index is 11.6. The number of hydrogen-bond donors (Lipinski definition) is 5. The third kappa shape index (κ3) is 5.57. The molecule has 2 atom stereocenters. The first kappa shape index (κ1) is 16.3. The van der Waals surface area contributed by atoms with E-state index in [2.05, 4.69) is 15.5 Å². The summed E-state index contributed by atoms with van der Waals surface area (Å²) in [7, 11) is 1.45. The Morgan fingerprint density at radius 2 is 1.89 bits per heavy atom. The lowest BCUT2D eigenvalue weighted by atomic mass is 10.1. The molecule has 18 heavy (non-hydrogen) atoms. The van der Waals surface area contributed by atoms with E-state index in [4.69, 9.17) is 15.5 Å². The van der Waals surface area contributed by atoms with Crippen molar-refractivity contribution in [2.75, 3.05) is 13.7 Å². The van der Waals surface area contributed by atoms with Crippen LogP contribution in [-0.4, -0.2) is 59.1 Å². The van der Waals surface area contributed by atoms with Gasteiger partial charge in [-0.05, 0) is 13.5 Å². The SMILES string of the molecule is CNC(CCC(=O)OO)C(=O)NC(CO)C(=O)O. The van der Waals surface area contributed by atoms with Crippen LogP contribution < -0.4 is 10.6 Å². The van der Waals surface area contributed by atoms with Crippen molar-refractivity contribution in [2.45, 2.75) is 24.9 Å². The molecule has 5 N–H and O–H groups in total. The van der Waals surface area contributed by atoms with Gasteiger partial charge in [0.1, 0.15) is 6.04 Å². The molecule has 0 aliphatic heterocycles. The number of aliphatic carboxylic acids is 1. The van der Waals surface area contributed by atoms with Crippen molar-refractivity contribution in [2.24, 2.45) is 0 Å². The van der Waals surface area contributed by atoms with E-state index in [-0.39, 0.29) is 12.8 Å². The van der Waals surface area contributed by atoms with E-state index < -0.39 is 36.5 Å². The van der Waals surface area contributed by atoms with Gasteiger partial charge in [-0.2, -0.15) is 5.26 Å². The smallest absolute Gasteiger partial charge is 0.342 e. The Kier molecular flexibility index (Phi) is 7.59. The number of carbonyl (C=O) groups is 3. The summed E-state index contributed by atoms with van der Waals surface area (Å²) >= 11 is 0. The van der Waals surface area contributed by atoms with E-state index in [9.17, 15) is 14.4 Å². The Morgan fingerprint density at radius 3 is 2.28 bits per heavy atom. The quantitative estimate of drug-likeness (QED) is 0.248. The van der Waals surface area contributed by atoms with Gasteiger partial charge in [0.2, 0.25) is 5.91 Å². The van der Waals surface area contributed by atoms with Crippen LogP contribution in [0.3, 0.4) is 0 Å². The highest BCUT2D eigenvalue weighted by Crippen LogP contribution is 1.99. The van der Waals surface area contributed by atoms with Crippen LogP contribution in [0.5, 0.6) is 0 Å². The van der Waals surface area contributed by atoms with Gasteiger partial charge in [0, 0.05) is 0 Å². The third-order valence-corrected chi connectivity index (χ3v) is 2.20. The number of aliphatic hydroxyl groups excluding tert-OH is 1. The fourth-order valence-electron chi connectivity index (χ4n) is 1.17. The molecule has 0 fully saturated rings. The highest BCUT2D eigenvalue weighted by Gasteiger charge is 2.24. The number of amides is 1. The van der Waals surface area contributed by atoms with E-state index in [0.29, 0.717) is 0 Å². The van der Waals surface area contributed by atoms with Crippen LogP contribution in [0.4, 0.5) is 0 Å². The number of likely N-dealkylation sites (N-methyl/N-ethyl adjacent to an activating group) is 1. The lowest BCUT2D eigenvalue weighted by Crippen LogP contribution is -2.50. The molecule has 0 radical (unpaired) electrons. The standard InChI is InChI=1S/C9H16N2O7/c1-10-5(2-3-7(13)18-17)8(14)11-6(4-12)9(15)16/h5-6,10,12,17H,2-4H2,1H3,(H,11,14)(H,15,16). The number of carboxylic acids is 1. The molecule has 0 saturated heterocycles. The molecule has 0 heterocycles. The van der Waals surface area contributed by atoms with E-state index >= 15 is 0 Å². The zero-order valence-corrected chi connectivity index (χ0v) is 9.75. The van der Waals surface area contributed by atoms with Gasteiger partial charge in [-0.3, -0.25) is 4.79 Å². The highest BCUT2D eigenvalue weighted by atomic mass is 17.1. The van der Waals surface area contributed by atoms with Crippen LogP contribution in [0.1, 0.15) is 12.8 Å². The minimum atomic E-state index is -1.40. The van der Waals surface area contributed by atoms with Gasteiger partial charge < -0.3 is 25.7 Å². The average molecular weight is 264 g/mol. The molecule has 9 nitrogen and oxygen atoms in total. The fourth-order valence-corrected chi connectivity index (χ4v) is 1.17. The van der Waals surface area contributed by atoms with Gasteiger partial charge in [-0.25, -0.2) is 9.59 Å². The normalized spacial score (nSPS) is 13.5. The summed E-state index contributed by atoms with van der Waals surface area (Å²) in [5, 5.41) is 30.1. The second-order valence-electron chi connectivity index (χ2n) is 3.43. The monoisotopic (exact) mass is 264 g/mol. The van der Waals surface area contributed by atoms with Gasteiger partial charge in [0.05, 0.1) is 19.1 Å². The molecule has 1 amide bonds. The Hall–Kier alpha value is -1.71. The summed E-state index contributed by atoms with van der Waals surface area (Å²) < 4.78 is 0. The van der Waals surface area contributed by atoms with Crippen molar-refractivity contribution in [1.29, 1.82) is 0 Å². The number of nitrogens with one attached hydrogen (secondary N) is 2. The van der Waals surface area contributed by atoms with Crippen molar-refractivity contribution in [3.63, 3.8) is 0 Å². The van der Waals surface area contributed by atoms with E-state index in [0.717, 1.165) is 0 Å². The maximum absolute atomic E-state index is 11.6. The van der Waals surface area contributed by atoms with Crippen molar-refractivity contribution in [3.8, 4) is 0 Å². The first-order chi connectivity index (χ1) is 8.46. The second-order valence-corrected chi connectivity index (χ2v) is 3.43. The molecule has 0 bridgehead atoms. The summed E-state index contributed by atoms with van der Waals surface area (Å²) in [6.45, 7) is -0.740.